The van der Waals surface area contributed by atoms with Crippen LogP contribution in [0.25, 0.3) is 0 Å². The van der Waals surface area contributed by atoms with E-state index in [1.165, 1.54) is 19.1 Å². The number of alkyl halides is 3. The van der Waals surface area contributed by atoms with Crippen LogP contribution in [0.4, 0.5) is 13.2 Å². The third-order valence-corrected chi connectivity index (χ3v) is 3.76. The summed E-state index contributed by atoms with van der Waals surface area (Å²) in [6.07, 6.45) is -4.68. The molecule has 132 valence electrons. The van der Waals surface area contributed by atoms with E-state index >= 15 is 0 Å². The molecular formula is C16H19F3N2O3. The highest BCUT2D eigenvalue weighted by atomic mass is 19.4. The van der Waals surface area contributed by atoms with E-state index in [9.17, 15) is 22.8 Å². The van der Waals surface area contributed by atoms with Crippen LogP contribution in [0.3, 0.4) is 0 Å². The second-order valence-corrected chi connectivity index (χ2v) is 5.63. The molecule has 0 aromatic heterocycles. The first-order chi connectivity index (χ1) is 11.3. The van der Waals surface area contributed by atoms with Gasteiger partial charge < -0.3 is 15.0 Å². The van der Waals surface area contributed by atoms with Gasteiger partial charge in [0, 0.05) is 26.6 Å². The molecule has 0 unspecified atom stereocenters. The molecule has 0 radical (unpaired) electrons. The number of benzene rings is 1. The summed E-state index contributed by atoms with van der Waals surface area (Å²) in [5, 5.41) is 2.68. The Morgan fingerprint density at radius 1 is 1.29 bits per heavy atom. The molecule has 0 aliphatic carbocycles. The number of hydrogen-bond donors (Lipinski definition) is 1. The van der Waals surface area contributed by atoms with Gasteiger partial charge in [0.1, 0.15) is 0 Å². The summed E-state index contributed by atoms with van der Waals surface area (Å²) in [4.78, 5) is 24.9. The van der Waals surface area contributed by atoms with Crippen LogP contribution in [0, 0.1) is 0 Å². The molecular weight excluding hydrogens is 325 g/mol. The highest BCUT2D eigenvalue weighted by Gasteiger charge is 2.30. The Hall–Kier alpha value is -2.09. The molecule has 1 aliphatic rings. The average molecular weight is 344 g/mol. The van der Waals surface area contributed by atoms with Crippen LogP contribution < -0.4 is 5.32 Å². The fraction of sp³-hybridized carbons (Fsp3) is 0.500. The predicted octanol–water partition coefficient (Wildman–Crippen LogP) is 1.61. The number of carbonyl (C=O) groups excluding carboxylic acids is 2. The number of hydrogen-bond acceptors (Lipinski definition) is 3. The average Bonchev–Trinajstić information content (AvgIpc) is 2.53. The van der Waals surface area contributed by atoms with E-state index in [1.54, 1.807) is 4.90 Å². The number of halogens is 3. The van der Waals surface area contributed by atoms with Gasteiger partial charge in [-0.3, -0.25) is 9.59 Å². The van der Waals surface area contributed by atoms with Crippen molar-refractivity contribution in [3.8, 4) is 0 Å². The molecule has 24 heavy (non-hydrogen) atoms. The second kappa shape index (κ2) is 7.65. The maximum atomic E-state index is 12.5. The van der Waals surface area contributed by atoms with E-state index in [4.69, 9.17) is 4.74 Å². The number of carbonyl (C=O) groups is 2. The van der Waals surface area contributed by atoms with Crippen LogP contribution in [0.2, 0.25) is 0 Å². The fourth-order valence-corrected chi connectivity index (χ4v) is 2.42. The van der Waals surface area contributed by atoms with E-state index in [2.05, 4.69) is 5.32 Å². The van der Waals surface area contributed by atoms with Gasteiger partial charge in [0.15, 0.2) is 0 Å². The molecule has 1 fully saturated rings. The van der Waals surface area contributed by atoms with Crippen molar-refractivity contribution < 1.29 is 27.5 Å². The van der Waals surface area contributed by atoms with Gasteiger partial charge in [0.2, 0.25) is 11.8 Å². The van der Waals surface area contributed by atoms with Gasteiger partial charge in [-0.05, 0) is 17.7 Å². The summed E-state index contributed by atoms with van der Waals surface area (Å²) in [7, 11) is 0. The Kier molecular flexibility index (Phi) is 5.82. The van der Waals surface area contributed by atoms with Crippen molar-refractivity contribution in [2.75, 3.05) is 26.2 Å². The molecule has 1 atom stereocenters. The van der Waals surface area contributed by atoms with Gasteiger partial charge in [0.25, 0.3) is 0 Å². The zero-order chi connectivity index (χ0) is 17.7. The number of ether oxygens (including phenoxy) is 1. The van der Waals surface area contributed by atoms with Gasteiger partial charge in [-0.25, -0.2) is 0 Å². The SMILES string of the molecule is CC(=O)N1CCO[C@@H](CNC(=O)Cc2ccc(C(F)(F)F)cc2)C1. The topological polar surface area (TPSA) is 58.6 Å². The van der Waals surface area contributed by atoms with Crippen molar-refractivity contribution in [1.82, 2.24) is 10.2 Å². The predicted molar refractivity (Wildman–Crippen MR) is 80.2 cm³/mol. The molecule has 1 saturated heterocycles. The number of morpholine rings is 1. The van der Waals surface area contributed by atoms with Crippen LogP contribution in [0.5, 0.6) is 0 Å². The van der Waals surface area contributed by atoms with Crippen molar-refractivity contribution in [3.05, 3.63) is 35.4 Å². The molecule has 5 nitrogen and oxygen atoms in total. The number of nitrogens with zero attached hydrogens (tertiary/aromatic N) is 1. The molecule has 8 heteroatoms. The monoisotopic (exact) mass is 344 g/mol. The van der Waals surface area contributed by atoms with Gasteiger partial charge in [-0.15, -0.1) is 0 Å². The first-order valence-electron chi connectivity index (χ1n) is 7.55. The standard InChI is InChI=1S/C16H19F3N2O3/c1-11(22)21-6-7-24-14(10-21)9-20-15(23)8-12-2-4-13(5-3-12)16(17,18)19/h2-5,14H,6-10H2,1H3,(H,20,23)/t14-/m0/s1. The van der Waals surface area contributed by atoms with E-state index < -0.39 is 11.7 Å². The van der Waals surface area contributed by atoms with Crippen LogP contribution in [0.1, 0.15) is 18.1 Å². The third kappa shape index (κ3) is 5.23. The number of amides is 2. The molecule has 0 saturated carbocycles. The minimum atomic E-state index is -4.39. The quantitative estimate of drug-likeness (QED) is 0.903. The molecule has 1 aromatic carbocycles. The lowest BCUT2D eigenvalue weighted by Gasteiger charge is -2.32. The smallest absolute Gasteiger partial charge is 0.373 e. The van der Waals surface area contributed by atoms with Gasteiger partial charge in [-0.1, -0.05) is 12.1 Å². The van der Waals surface area contributed by atoms with Crippen molar-refractivity contribution >= 4 is 11.8 Å². The van der Waals surface area contributed by atoms with E-state index in [-0.39, 0.29) is 30.9 Å². The second-order valence-electron chi connectivity index (χ2n) is 5.63. The summed E-state index contributed by atoms with van der Waals surface area (Å²) in [5.74, 6) is -0.349. The molecule has 1 heterocycles. The molecule has 1 N–H and O–H groups in total. The summed E-state index contributed by atoms with van der Waals surface area (Å²) in [6.45, 7) is 3.09. The van der Waals surface area contributed by atoms with Crippen molar-refractivity contribution in [1.29, 1.82) is 0 Å². The lowest BCUT2D eigenvalue weighted by molar-refractivity contribution is -0.138. The van der Waals surface area contributed by atoms with E-state index in [0.717, 1.165) is 12.1 Å². The maximum Gasteiger partial charge on any atom is 0.416 e. The Morgan fingerprint density at radius 3 is 2.54 bits per heavy atom. The minimum absolute atomic E-state index is 0.0126. The highest BCUT2D eigenvalue weighted by molar-refractivity contribution is 5.78. The zero-order valence-corrected chi connectivity index (χ0v) is 13.2. The largest absolute Gasteiger partial charge is 0.416 e. The van der Waals surface area contributed by atoms with Gasteiger partial charge in [-0.2, -0.15) is 13.2 Å². The van der Waals surface area contributed by atoms with E-state index in [0.29, 0.717) is 25.3 Å². The molecule has 0 bridgehead atoms. The Labute approximate surface area is 137 Å². The lowest BCUT2D eigenvalue weighted by Crippen LogP contribution is -2.49. The van der Waals surface area contributed by atoms with Crippen LogP contribution in [0.15, 0.2) is 24.3 Å². The van der Waals surface area contributed by atoms with Crippen LogP contribution in [-0.2, 0) is 26.9 Å². The molecule has 1 aromatic rings. The van der Waals surface area contributed by atoms with E-state index in [1.807, 2.05) is 0 Å². The fourth-order valence-electron chi connectivity index (χ4n) is 2.42. The number of nitrogens with one attached hydrogen (secondary N) is 1. The first kappa shape index (κ1) is 18.3. The minimum Gasteiger partial charge on any atom is -0.373 e. The maximum absolute atomic E-state index is 12.5. The van der Waals surface area contributed by atoms with Crippen LogP contribution >= 0.6 is 0 Å². The normalized spacial score (nSPS) is 18.3. The Bertz CT molecular complexity index is 587. The molecule has 2 amide bonds. The van der Waals surface area contributed by atoms with Gasteiger partial charge >= 0.3 is 6.18 Å². The highest BCUT2D eigenvalue weighted by Crippen LogP contribution is 2.29. The lowest BCUT2D eigenvalue weighted by atomic mass is 10.1. The molecule has 0 spiro atoms. The van der Waals surface area contributed by atoms with Crippen LogP contribution in [-0.4, -0.2) is 49.1 Å². The van der Waals surface area contributed by atoms with Crippen molar-refractivity contribution in [2.24, 2.45) is 0 Å². The first-order valence-corrected chi connectivity index (χ1v) is 7.55. The Balaban J connectivity index is 1.80. The third-order valence-electron chi connectivity index (χ3n) is 3.76. The van der Waals surface area contributed by atoms with Gasteiger partial charge in [0.05, 0.1) is 24.7 Å². The van der Waals surface area contributed by atoms with Crippen molar-refractivity contribution in [3.63, 3.8) is 0 Å². The summed E-state index contributed by atoms with van der Waals surface area (Å²) >= 11 is 0. The molecule has 1 aliphatic heterocycles. The summed E-state index contributed by atoms with van der Waals surface area (Å²) in [5.41, 5.74) is -0.248. The van der Waals surface area contributed by atoms with Crippen molar-refractivity contribution in [2.45, 2.75) is 25.6 Å². The summed E-state index contributed by atoms with van der Waals surface area (Å²) in [6, 6.07) is 4.49. The zero-order valence-electron chi connectivity index (χ0n) is 13.2. The number of rotatable bonds is 4. The summed E-state index contributed by atoms with van der Waals surface area (Å²) < 4.78 is 42.9. The molecule has 2 rings (SSSR count). The Morgan fingerprint density at radius 2 is 1.96 bits per heavy atom.